The third-order valence-corrected chi connectivity index (χ3v) is 5.85. The number of anilines is 2. The average molecular weight is 449 g/mol. The van der Waals surface area contributed by atoms with Crippen LogP contribution in [0.15, 0.2) is 65.6 Å². The van der Waals surface area contributed by atoms with Crippen molar-refractivity contribution in [3.8, 4) is 5.75 Å². The first-order valence-electron chi connectivity index (χ1n) is 8.73. The van der Waals surface area contributed by atoms with E-state index in [1.165, 1.54) is 56.5 Å². The Morgan fingerprint density at radius 2 is 1.83 bits per heavy atom. The van der Waals surface area contributed by atoms with Crippen LogP contribution in [0.4, 0.5) is 15.8 Å². The molecular weight excluding hydrogens is 431 g/mol. The summed E-state index contributed by atoms with van der Waals surface area (Å²) in [5.41, 5.74) is 1.06. The molecule has 3 rings (SSSR count). The molecule has 0 aliphatic rings. The number of hydrogen-bond acceptors (Lipinski definition) is 4. The Kier molecular flexibility index (Phi) is 6.28. The van der Waals surface area contributed by atoms with Gasteiger partial charge in [-0.25, -0.2) is 12.8 Å². The van der Waals surface area contributed by atoms with Gasteiger partial charge in [-0.1, -0.05) is 23.7 Å². The molecular formula is C21H18ClFN2O4S. The first kappa shape index (κ1) is 21.6. The number of methoxy groups -OCH3 is 1. The maximum absolute atomic E-state index is 13.8. The summed E-state index contributed by atoms with van der Waals surface area (Å²) in [5.74, 6) is -0.689. The molecule has 156 valence electrons. The van der Waals surface area contributed by atoms with Gasteiger partial charge in [0.25, 0.3) is 15.9 Å². The Morgan fingerprint density at radius 3 is 2.53 bits per heavy atom. The van der Waals surface area contributed by atoms with Crippen LogP contribution < -0.4 is 14.8 Å². The SMILES string of the molecule is COc1ccc(Cl)cc1NC(=O)c1cccc(NS(=O)(=O)c2ccc(C)c(F)c2)c1. The predicted molar refractivity (Wildman–Crippen MR) is 114 cm³/mol. The van der Waals surface area contributed by atoms with Gasteiger partial charge in [-0.2, -0.15) is 0 Å². The summed E-state index contributed by atoms with van der Waals surface area (Å²) in [6, 6.07) is 14.3. The number of amides is 1. The Balaban J connectivity index is 1.83. The second-order valence-electron chi connectivity index (χ2n) is 6.40. The number of halogens is 2. The highest BCUT2D eigenvalue weighted by molar-refractivity contribution is 7.92. The van der Waals surface area contributed by atoms with E-state index in [2.05, 4.69) is 10.0 Å². The number of rotatable bonds is 6. The summed E-state index contributed by atoms with van der Waals surface area (Å²) in [4.78, 5) is 12.4. The molecule has 9 heteroatoms. The summed E-state index contributed by atoms with van der Waals surface area (Å²) < 4.78 is 46.4. The number of aryl methyl sites for hydroxylation is 1. The number of carbonyl (C=O) groups excluding carboxylic acids is 1. The molecule has 0 radical (unpaired) electrons. The van der Waals surface area contributed by atoms with Crippen molar-refractivity contribution < 1.29 is 22.3 Å². The fourth-order valence-electron chi connectivity index (χ4n) is 2.65. The molecule has 0 fully saturated rings. The molecule has 0 unspecified atom stereocenters. The van der Waals surface area contributed by atoms with Gasteiger partial charge < -0.3 is 10.1 Å². The monoisotopic (exact) mass is 448 g/mol. The number of hydrogen-bond donors (Lipinski definition) is 2. The van der Waals surface area contributed by atoms with E-state index in [0.29, 0.717) is 22.0 Å². The van der Waals surface area contributed by atoms with Gasteiger partial charge in [0, 0.05) is 16.3 Å². The zero-order chi connectivity index (χ0) is 21.9. The zero-order valence-electron chi connectivity index (χ0n) is 16.1. The van der Waals surface area contributed by atoms with E-state index in [-0.39, 0.29) is 16.1 Å². The van der Waals surface area contributed by atoms with Crippen molar-refractivity contribution in [3.63, 3.8) is 0 Å². The van der Waals surface area contributed by atoms with Crippen molar-refractivity contribution in [2.75, 3.05) is 17.1 Å². The molecule has 0 aliphatic carbocycles. The van der Waals surface area contributed by atoms with Crippen LogP contribution in [0, 0.1) is 12.7 Å². The molecule has 0 aromatic heterocycles. The highest BCUT2D eigenvalue weighted by atomic mass is 35.5. The molecule has 0 aliphatic heterocycles. The Morgan fingerprint density at radius 1 is 1.07 bits per heavy atom. The number of carbonyl (C=O) groups is 1. The third kappa shape index (κ3) is 4.90. The van der Waals surface area contributed by atoms with Crippen LogP contribution in [-0.2, 0) is 10.0 Å². The Hall–Kier alpha value is -3.10. The molecule has 1 amide bonds. The smallest absolute Gasteiger partial charge is 0.261 e. The van der Waals surface area contributed by atoms with Crippen LogP contribution in [0.3, 0.4) is 0 Å². The van der Waals surface area contributed by atoms with Crippen LogP contribution in [0.5, 0.6) is 5.75 Å². The van der Waals surface area contributed by atoms with Crippen LogP contribution >= 0.6 is 11.6 Å². The maximum Gasteiger partial charge on any atom is 0.261 e. The van der Waals surface area contributed by atoms with Gasteiger partial charge in [-0.15, -0.1) is 0 Å². The lowest BCUT2D eigenvalue weighted by Crippen LogP contribution is -2.15. The van der Waals surface area contributed by atoms with Crippen LogP contribution in [-0.4, -0.2) is 21.4 Å². The van der Waals surface area contributed by atoms with Crippen molar-refractivity contribution >= 4 is 38.9 Å². The molecule has 6 nitrogen and oxygen atoms in total. The summed E-state index contributed by atoms with van der Waals surface area (Å²) >= 11 is 5.97. The minimum absolute atomic E-state index is 0.154. The minimum atomic E-state index is -4.03. The third-order valence-electron chi connectivity index (χ3n) is 4.24. The van der Waals surface area contributed by atoms with E-state index in [1.807, 2.05) is 0 Å². The molecule has 0 saturated carbocycles. The van der Waals surface area contributed by atoms with E-state index in [0.717, 1.165) is 6.07 Å². The van der Waals surface area contributed by atoms with Crippen LogP contribution in [0.1, 0.15) is 15.9 Å². The topological polar surface area (TPSA) is 84.5 Å². The van der Waals surface area contributed by atoms with E-state index < -0.39 is 21.7 Å². The highest BCUT2D eigenvalue weighted by Crippen LogP contribution is 2.28. The van der Waals surface area contributed by atoms with Gasteiger partial charge in [0.2, 0.25) is 0 Å². The van der Waals surface area contributed by atoms with E-state index >= 15 is 0 Å². The first-order chi connectivity index (χ1) is 14.2. The first-order valence-corrected chi connectivity index (χ1v) is 10.6. The van der Waals surface area contributed by atoms with Crippen molar-refractivity contribution in [3.05, 3.63) is 82.6 Å². The predicted octanol–water partition coefficient (Wildman–Crippen LogP) is 4.85. The summed E-state index contributed by atoms with van der Waals surface area (Å²) in [7, 11) is -2.57. The second-order valence-corrected chi connectivity index (χ2v) is 8.51. The average Bonchev–Trinajstić information content (AvgIpc) is 2.70. The highest BCUT2D eigenvalue weighted by Gasteiger charge is 2.17. The molecule has 0 heterocycles. The minimum Gasteiger partial charge on any atom is -0.495 e. The maximum atomic E-state index is 13.8. The van der Waals surface area contributed by atoms with Gasteiger partial charge in [-0.05, 0) is 61.0 Å². The molecule has 2 N–H and O–H groups in total. The number of sulfonamides is 1. The van der Waals surface area contributed by atoms with Crippen molar-refractivity contribution in [2.24, 2.45) is 0 Å². The molecule has 0 spiro atoms. The van der Waals surface area contributed by atoms with Crippen molar-refractivity contribution in [1.82, 2.24) is 0 Å². The van der Waals surface area contributed by atoms with E-state index in [9.17, 15) is 17.6 Å². The van der Waals surface area contributed by atoms with Crippen molar-refractivity contribution in [1.29, 1.82) is 0 Å². The van der Waals surface area contributed by atoms with E-state index in [4.69, 9.17) is 16.3 Å². The lowest BCUT2D eigenvalue weighted by atomic mass is 10.2. The molecule has 30 heavy (non-hydrogen) atoms. The second kappa shape index (κ2) is 8.73. The number of nitrogens with one attached hydrogen (secondary N) is 2. The Labute approximate surface area is 178 Å². The fourth-order valence-corrected chi connectivity index (χ4v) is 3.88. The summed E-state index contributed by atoms with van der Waals surface area (Å²) in [6.07, 6.45) is 0. The number of ether oxygens (including phenoxy) is 1. The number of benzene rings is 3. The van der Waals surface area contributed by atoms with Gasteiger partial charge in [0.1, 0.15) is 11.6 Å². The van der Waals surface area contributed by atoms with E-state index in [1.54, 1.807) is 12.1 Å². The molecule has 0 saturated heterocycles. The van der Waals surface area contributed by atoms with Crippen molar-refractivity contribution in [2.45, 2.75) is 11.8 Å². The largest absolute Gasteiger partial charge is 0.495 e. The van der Waals surface area contributed by atoms with Gasteiger partial charge >= 0.3 is 0 Å². The fraction of sp³-hybridized carbons (Fsp3) is 0.0952. The lowest BCUT2D eigenvalue weighted by molar-refractivity contribution is 0.102. The lowest BCUT2D eigenvalue weighted by Gasteiger charge is -2.12. The molecule has 3 aromatic rings. The molecule has 0 atom stereocenters. The molecule has 3 aromatic carbocycles. The van der Waals surface area contributed by atoms with Crippen LogP contribution in [0.2, 0.25) is 5.02 Å². The zero-order valence-corrected chi connectivity index (χ0v) is 17.6. The van der Waals surface area contributed by atoms with Crippen LogP contribution in [0.25, 0.3) is 0 Å². The molecule has 0 bridgehead atoms. The van der Waals surface area contributed by atoms with Gasteiger partial charge in [0.05, 0.1) is 17.7 Å². The summed E-state index contributed by atoms with van der Waals surface area (Å²) in [5, 5.41) is 3.09. The summed E-state index contributed by atoms with van der Waals surface area (Å²) in [6.45, 7) is 1.54. The quantitative estimate of drug-likeness (QED) is 0.564. The Bertz CT molecular complexity index is 1220. The standard InChI is InChI=1S/C21H18ClFN2O4S/c1-13-6-8-17(12-18(13)23)30(27,28)25-16-5-3-4-14(10-16)21(26)24-19-11-15(22)7-9-20(19)29-2/h3-12,25H,1-2H3,(H,24,26). The normalized spacial score (nSPS) is 11.1. The van der Waals surface area contributed by atoms with Gasteiger partial charge in [-0.3, -0.25) is 9.52 Å². The van der Waals surface area contributed by atoms with Gasteiger partial charge in [0.15, 0.2) is 0 Å².